The van der Waals surface area contributed by atoms with Gasteiger partial charge in [-0.05, 0) is 48.5 Å². The molecule has 2 aromatic heterocycles. The highest BCUT2D eigenvalue weighted by Crippen LogP contribution is 2.31. The number of rotatable bonds is 5. The number of halogens is 5. The molecule has 2 aromatic carbocycles. The lowest BCUT2D eigenvalue weighted by Crippen LogP contribution is -2.20. The lowest BCUT2D eigenvalue weighted by atomic mass is 10.2. The first-order valence-electron chi connectivity index (χ1n) is 9.54. The molecule has 0 fully saturated rings. The number of pyridine rings is 1. The van der Waals surface area contributed by atoms with Gasteiger partial charge in [0.05, 0.1) is 22.3 Å². The number of aromatic nitrogens is 2. The number of carbonyl (C=O) groups is 1. The third kappa shape index (κ3) is 5.16. The molecule has 3 N–H and O–H groups in total. The first-order chi connectivity index (χ1) is 16.4. The van der Waals surface area contributed by atoms with Crippen molar-refractivity contribution in [1.29, 1.82) is 0 Å². The van der Waals surface area contributed by atoms with Crippen LogP contribution in [0.5, 0.6) is 5.75 Å². The van der Waals surface area contributed by atoms with Gasteiger partial charge in [-0.3, -0.25) is 10.0 Å². The van der Waals surface area contributed by atoms with Crippen molar-refractivity contribution in [3.05, 3.63) is 78.1 Å². The van der Waals surface area contributed by atoms with Gasteiger partial charge in [-0.25, -0.2) is 27.0 Å². The Bertz CT molecular complexity index is 1520. The van der Waals surface area contributed by atoms with Crippen molar-refractivity contribution in [2.45, 2.75) is 11.1 Å². The predicted octanol–water partition coefficient (Wildman–Crippen LogP) is 5.27. The van der Waals surface area contributed by atoms with Crippen LogP contribution in [0.3, 0.4) is 0 Å². The molecule has 4 aromatic rings. The number of benzene rings is 2. The van der Waals surface area contributed by atoms with Crippen LogP contribution >= 0.6 is 0 Å². The third-order valence-electron chi connectivity index (χ3n) is 4.64. The van der Waals surface area contributed by atoms with E-state index in [1.165, 1.54) is 12.3 Å². The molecule has 0 aliphatic rings. The number of hydrogen-bond donors (Lipinski definition) is 3. The van der Waals surface area contributed by atoms with Crippen molar-refractivity contribution in [2.75, 3.05) is 10.0 Å². The quantitative estimate of drug-likeness (QED) is 0.315. The molecule has 0 saturated carbocycles. The Kier molecular flexibility index (Phi) is 6.06. The van der Waals surface area contributed by atoms with Crippen LogP contribution in [0.4, 0.5) is 38.1 Å². The van der Waals surface area contributed by atoms with Gasteiger partial charge in [0.15, 0.2) is 11.6 Å². The van der Waals surface area contributed by atoms with Crippen LogP contribution in [0.1, 0.15) is 5.56 Å². The molecular weight excluding hydrogens is 499 g/mol. The largest absolute Gasteiger partial charge is 0.417 e. The molecule has 14 heteroatoms. The van der Waals surface area contributed by atoms with Crippen LogP contribution in [0, 0.1) is 11.6 Å². The molecule has 0 aliphatic heterocycles. The third-order valence-corrected chi connectivity index (χ3v) is 6.02. The molecule has 0 aliphatic carbocycles. The maximum Gasteiger partial charge on any atom is 0.417 e. The summed E-state index contributed by atoms with van der Waals surface area (Å²) >= 11 is 0. The summed E-state index contributed by atoms with van der Waals surface area (Å²) in [7, 11) is -4.55. The highest BCUT2D eigenvalue weighted by atomic mass is 32.2. The molecular formula is C21H13F5N4O4S. The highest BCUT2D eigenvalue weighted by molar-refractivity contribution is 7.92. The van der Waals surface area contributed by atoms with Gasteiger partial charge in [0, 0.05) is 11.6 Å². The Balaban J connectivity index is 1.53. The average Bonchev–Trinajstić information content (AvgIpc) is 3.26. The number of anilines is 2. The molecule has 1 amide bonds. The minimum atomic E-state index is -4.68. The first-order valence-corrected chi connectivity index (χ1v) is 11.0. The van der Waals surface area contributed by atoms with E-state index >= 15 is 0 Å². The number of fused-ring (bicyclic) bond motifs is 1. The number of carbonyl (C=O) groups excluding carboxylic acids is 1. The fraction of sp³-hybridized carbons (Fsp3) is 0.0476. The van der Waals surface area contributed by atoms with Crippen molar-refractivity contribution < 1.29 is 39.9 Å². The number of ether oxygens (including phenoxy) is 1. The van der Waals surface area contributed by atoms with E-state index in [1.807, 2.05) is 10.0 Å². The second kappa shape index (κ2) is 8.87. The smallest absolute Gasteiger partial charge is 0.408 e. The van der Waals surface area contributed by atoms with Crippen LogP contribution in [-0.4, -0.2) is 24.5 Å². The molecule has 35 heavy (non-hydrogen) atoms. The number of nitrogens with zero attached hydrogens (tertiary/aromatic N) is 1. The van der Waals surface area contributed by atoms with Gasteiger partial charge < -0.3 is 9.72 Å². The van der Waals surface area contributed by atoms with Crippen molar-refractivity contribution in [2.24, 2.45) is 0 Å². The zero-order chi connectivity index (χ0) is 25.4. The second-order valence-electron chi connectivity index (χ2n) is 7.01. The van der Waals surface area contributed by atoms with Gasteiger partial charge in [0.2, 0.25) is 0 Å². The molecule has 4 rings (SSSR count). The Morgan fingerprint density at radius 1 is 1.03 bits per heavy atom. The van der Waals surface area contributed by atoms with Crippen LogP contribution in [0.15, 0.2) is 65.8 Å². The topological polar surface area (TPSA) is 113 Å². The molecule has 182 valence electrons. The standard InChI is InChI=1S/C21H13F5N4O4S/c22-15-5-6-16(30-35(32,33)14-3-1-12(2-4-14)21(24,25)26)17(23)18(15)29-20(31)34-13-9-11-7-8-27-19(11)28-10-13/h1-10,30H,(H,27,28)(H,29,31). The molecule has 0 saturated heterocycles. The molecule has 2 heterocycles. The minimum absolute atomic E-state index is 0.0328. The van der Waals surface area contributed by atoms with Crippen LogP contribution < -0.4 is 14.8 Å². The summed E-state index contributed by atoms with van der Waals surface area (Å²) in [6, 6.07) is 6.95. The molecule has 0 bridgehead atoms. The van der Waals surface area contributed by atoms with E-state index in [2.05, 4.69) is 9.97 Å². The van der Waals surface area contributed by atoms with Crippen LogP contribution in [0.25, 0.3) is 11.0 Å². The minimum Gasteiger partial charge on any atom is -0.408 e. The summed E-state index contributed by atoms with van der Waals surface area (Å²) in [5, 5.41) is 2.46. The van der Waals surface area contributed by atoms with E-state index < -0.39 is 55.8 Å². The zero-order valence-corrected chi connectivity index (χ0v) is 18.0. The Morgan fingerprint density at radius 2 is 1.74 bits per heavy atom. The van der Waals surface area contributed by atoms with Crippen LogP contribution in [-0.2, 0) is 16.2 Å². The van der Waals surface area contributed by atoms with Gasteiger partial charge in [-0.1, -0.05) is 0 Å². The normalized spacial score (nSPS) is 11.9. The Labute approximate surface area is 193 Å². The van der Waals surface area contributed by atoms with E-state index in [0.29, 0.717) is 41.4 Å². The number of nitrogens with one attached hydrogen (secondary N) is 3. The molecule has 0 unspecified atom stereocenters. The number of amides is 1. The van der Waals surface area contributed by atoms with Crippen molar-refractivity contribution in [3.8, 4) is 5.75 Å². The Morgan fingerprint density at radius 3 is 2.43 bits per heavy atom. The summed E-state index contributed by atoms with van der Waals surface area (Å²) in [5.41, 5.74) is -2.35. The van der Waals surface area contributed by atoms with Crippen molar-refractivity contribution in [1.82, 2.24) is 9.97 Å². The maximum atomic E-state index is 14.9. The van der Waals surface area contributed by atoms with Gasteiger partial charge >= 0.3 is 12.3 Å². The summed E-state index contributed by atoms with van der Waals surface area (Å²) in [4.78, 5) is 18.4. The van der Waals surface area contributed by atoms with E-state index in [0.717, 1.165) is 6.07 Å². The Hall–Kier alpha value is -4.20. The van der Waals surface area contributed by atoms with Gasteiger partial charge in [0.25, 0.3) is 10.0 Å². The SMILES string of the molecule is O=C(Nc1c(F)ccc(NS(=O)(=O)c2ccc(C(F)(F)F)cc2)c1F)Oc1cnc2[nH]ccc2c1. The van der Waals surface area contributed by atoms with E-state index in [9.17, 15) is 35.2 Å². The highest BCUT2D eigenvalue weighted by Gasteiger charge is 2.31. The molecule has 0 radical (unpaired) electrons. The van der Waals surface area contributed by atoms with Crippen LogP contribution in [0.2, 0.25) is 0 Å². The number of hydrogen-bond acceptors (Lipinski definition) is 5. The summed E-state index contributed by atoms with van der Waals surface area (Å²) in [6.07, 6.45) is -3.18. The zero-order valence-electron chi connectivity index (χ0n) is 17.2. The molecule has 0 atom stereocenters. The van der Waals surface area contributed by atoms with E-state index in [4.69, 9.17) is 4.74 Å². The van der Waals surface area contributed by atoms with Gasteiger partial charge in [-0.2, -0.15) is 13.2 Å². The maximum absolute atomic E-state index is 14.9. The monoisotopic (exact) mass is 512 g/mol. The fourth-order valence-corrected chi connectivity index (χ4v) is 4.04. The average molecular weight is 512 g/mol. The number of sulfonamides is 1. The summed E-state index contributed by atoms with van der Waals surface area (Å²) < 4.78 is 98.9. The lowest BCUT2D eigenvalue weighted by molar-refractivity contribution is -0.137. The number of H-pyrrole nitrogens is 1. The number of alkyl halides is 3. The molecule has 0 spiro atoms. The lowest BCUT2D eigenvalue weighted by Gasteiger charge is -2.14. The van der Waals surface area contributed by atoms with E-state index in [1.54, 1.807) is 12.3 Å². The van der Waals surface area contributed by atoms with Crippen molar-refractivity contribution in [3.63, 3.8) is 0 Å². The van der Waals surface area contributed by atoms with Gasteiger partial charge in [-0.15, -0.1) is 0 Å². The second-order valence-corrected chi connectivity index (χ2v) is 8.70. The van der Waals surface area contributed by atoms with Gasteiger partial charge in [0.1, 0.15) is 17.2 Å². The first kappa shape index (κ1) is 23.9. The summed E-state index contributed by atoms with van der Waals surface area (Å²) in [6.45, 7) is 0. The predicted molar refractivity (Wildman–Crippen MR) is 114 cm³/mol. The fourth-order valence-electron chi connectivity index (χ4n) is 2.98. The summed E-state index contributed by atoms with van der Waals surface area (Å²) in [5.74, 6) is -2.76. The molecule has 8 nitrogen and oxygen atoms in total. The van der Waals surface area contributed by atoms with Crippen molar-refractivity contribution >= 4 is 38.5 Å². The van der Waals surface area contributed by atoms with E-state index in [-0.39, 0.29) is 5.75 Å². The number of aromatic amines is 1.